The van der Waals surface area contributed by atoms with Crippen LogP contribution in [0.3, 0.4) is 0 Å². The van der Waals surface area contributed by atoms with Crippen molar-refractivity contribution in [2.45, 2.75) is 30.2 Å². The van der Waals surface area contributed by atoms with Gasteiger partial charge in [0.2, 0.25) is 0 Å². The first-order valence-corrected chi connectivity index (χ1v) is 11.7. The van der Waals surface area contributed by atoms with Crippen LogP contribution in [0.2, 0.25) is 5.02 Å². The Labute approximate surface area is 181 Å². The molecule has 28 heavy (non-hydrogen) atoms. The zero-order valence-electron chi connectivity index (χ0n) is 16.4. The Morgan fingerprint density at radius 2 is 1.82 bits per heavy atom. The molecule has 2 aromatic carbocycles. The van der Waals surface area contributed by atoms with E-state index in [1.54, 1.807) is 23.7 Å². The van der Waals surface area contributed by atoms with Crippen molar-refractivity contribution < 1.29 is 0 Å². The molecule has 0 aliphatic carbocycles. The Morgan fingerprint density at radius 3 is 2.50 bits per heavy atom. The molecule has 146 valence electrons. The number of hydrogen-bond donors (Lipinski definition) is 0. The predicted octanol–water partition coefficient (Wildman–Crippen LogP) is 7.29. The first-order chi connectivity index (χ1) is 13.5. The lowest BCUT2D eigenvalue weighted by molar-refractivity contribution is 0.398. The molecule has 1 aromatic heterocycles. The van der Waals surface area contributed by atoms with Gasteiger partial charge in [-0.05, 0) is 60.0 Å². The van der Waals surface area contributed by atoms with Crippen molar-refractivity contribution in [3.8, 4) is 11.1 Å². The molecule has 2 nitrogen and oxygen atoms in total. The summed E-state index contributed by atoms with van der Waals surface area (Å²) >= 11 is 9.82. The van der Waals surface area contributed by atoms with Crippen molar-refractivity contribution in [2.75, 3.05) is 12.8 Å². The molecule has 0 saturated carbocycles. The molecule has 0 unspecified atom stereocenters. The molecule has 1 heterocycles. The van der Waals surface area contributed by atoms with Gasteiger partial charge >= 0.3 is 0 Å². The molecule has 0 radical (unpaired) electrons. The lowest BCUT2D eigenvalue weighted by Gasteiger charge is -2.23. The van der Waals surface area contributed by atoms with Gasteiger partial charge in [-0.3, -0.25) is 4.98 Å². The highest BCUT2D eigenvalue weighted by Gasteiger charge is 2.13. The molecule has 5 heteroatoms. The van der Waals surface area contributed by atoms with Crippen molar-refractivity contribution in [3.63, 3.8) is 0 Å². The standard InChI is InChI=1S/C23H25ClN2S2/c1-17(2)15-26(28-23-10-5-4-9-22(23)24)16-20-12-11-19(14-25-20)18-7-6-8-21(13-18)27-3/h4-14,17H,15-16H2,1-3H3. The van der Waals surface area contributed by atoms with Crippen LogP contribution >= 0.6 is 35.3 Å². The maximum atomic E-state index is 6.36. The van der Waals surface area contributed by atoms with E-state index in [0.29, 0.717) is 5.92 Å². The minimum Gasteiger partial charge on any atom is -0.259 e. The van der Waals surface area contributed by atoms with E-state index in [2.05, 4.69) is 66.9 Å². The zero-order chi connectivity index (χ0) is 19.9. The molecular formula is C23H25ClN2S2. The minimum absolute atomic E-state index is 0.559. The van der Waals surface area contributed by atoms with E-state index in [1.807, 2.05) is 24.4 Å². The number of rotatable bonds is 8. The van der Waals surface area contributed by atoms with Gasteiger partial charge in [-0.1, -0.05) is 55.8 Å². The van der Waals surface area contributed by atoms with Crippen molar-refractivity contribution in [2.24, 2.45) is 5.92 Å². The van der Waals surface area contributed by atoms with Crippen LogP contribution in [0.15, 0.2) is 76.7 Å². The van der Waals surface area contributed by atoms with Crippen LogP contribution in [0.25, 0.3) is 11.1 Å². The molecule has 0 amide bonds. The van der Waals surface area contributed by atoms with Crippen LogP contribution in [0.4, 0.5) is 0 Å². The average molecular weight is 429 g/mol. The maximum absolute atomic E-state index is 6.36. The fraction of sp³-hybridized carbons (Fsp3) is 0.261. The summed E-state index contributed by atoms with van der Waals surface area (Å²) in [7, 11) is 0. The molecule has 0 atom stereocenters. The van der Waals surface area contributed by atoms with E-state index < -0.39 is 0 Å². The Kier molecular flexibility index (Phi) is 7.86. The van der Waals surface area contributed by atoms with E-state index in [-0.39, 0.29) is 0 Å². The van der Waals surface area contributed by atoms with Crippen molar-refractivity contribution in [3.05, 3.63) is 77.6 Å². The molecular weight excluding hydrogens is 404 g/mol. The Balaban J connectivity index is 1.74. The van der Waals surface area contributed by atoms with Crippen LogP contribution in [0.1, 0.15) is 19.5 Å². The fourth-order valence-electron chi connectivity index (χ4n) is 2.87. The van der Waals surface area contributed by atoms with Crippen molar-refractivity contribution in [1.29, 1.82) is 0 Å². The molecule has 0 fully saturated rings. The molecule has 0 N–H and O–H groups in total. The third kappa shape index (κ3) is 6.02. The minimum atomic E-state index is 0.559. The normalized spacial score (nSPS) is 11.4. The molecule has 3 aromatic rings. The maximum Gasteiger partial charge on any atom is 0.0555 e. The molecule has 0 bridgehead atoms. The molecule has 0 saturated heterocycles. The summed E-state index contributed by atoms with van der Waals surface area (Å²) in [5.74, 6) is 0.559. The fourth-order valence-corrected chi connectivity index (χ4v) is 4.71. The monoisotopic (exact) mass is 428 g/mol. The van der Waals surface area contributed by atoms with E-state index in [9.17, 15) is 0 Å². The van der Waals surface area contributed by atoms with Gasteiger partial charge in [0.05, 0.1) is 17.3 Å². The van der Waals surface area contributed by atoms with Crippen LogP contribution in [-0.2, 0) is 6.54 Å². The molecule has 3 rings (SSSR count). The summed E-state index contributed by atoms with van der Waals surface area (Å²) in [4.78, 5) is 7.07. The van der Waals surface area contributed by atoms with Gasteiger partial charge in [-0.25, -0.2) is 4.31 Å². The van der Waals surface area contributed by atoms with Gasteiger partial charge in [0.1, 0.15) is 0 Å². The van der Waals surface area contributed by atoms with Crippen molar-refractivity contribution >= 4 is 35.3 Å². The van der Waals surface area contributed by atoms with E-state index in [0.717, 1.165) is 34.3 Å². The molecule has 0 spiro atoms. The van der Waals surface area contributed by atoms with E-state index in [4.69, 9.17) is 16.6 Å². The smallest absolute Gasteiger partial charge is 0.0555 e. The quantitative estimate of drug-likeness (QED) is 0.276. The second-order valence-electron chi connectivity index (χ2n) is 7.01. The number of aromatic nitrogens is 1. The second kappa shape index (κ2) is 10.4. The first-order valence-electron chi connectivity index (χ1n) is 9.32. The van der Waals surface area contributed by atoms with Gasteiger partial charge in [-0.15, -0.1) is 11.8 Å². The van der Waals surface area contributed by atoms with Crippen LogP contribution in [-0.4, -0.2) is 22.1 Å². The number of halogens is 1. The van der Waals surface area contributed by atoms with Crippen molar-refractivity contribution in [1.82, 2.24) is 9.29 Å². The summed E-state index contributed by atoms with van der Waals surface area (Å²) in [5.41, 5.74) is 3.41. The van der Waals surface area contributed by atoms with E-state index >= 15 is 0 Å². The van der Waals surface area contributed by atoms with Gasteiger partial charge in [-0.2, -0.15) is 0 Å². The van der Waals surface area contributed by atoms with Gasteiger partial charge < -0.3 is 0 Å². The summed E-state index contributed by atoms with van der Waals surface area (Å²) in [6, 6.07) is 20.8. The lowest BCUT2D eigenvalue weighted by atomic mass is 10.1. The number of thioether (sulfide) groups is 1. The first kappa shape index (κ1) is 21.3. The lowest BCUT2D eigenvalue weighted by Crippen LogP contribution is -2.21. The van der Waals surface area contributed by atoms with Crippen LogP contribution in [0.5, 0.6) is 0 Å². The number of benzene rings is 2. The third-order valence-corrected chi connectivity index (χ3v) is 6.46. The Bertz CT molecular complexity index is 897. The van der Waals surface area contributed by atoms with E-state index in [1.165, 1.54) is 10.5 Å². The molecule has 0 aliphatic heterocycles. The number of hydrogen-bond acceptors (Lipinski definition) is 4. The highest BCUT2D eigenvalue weighted by atomic mass is 35.5. The number of nitrogens with zero attached hydrogens (tertiary/aromatic N) is 2. The van der Waals surface area contributed by atoms with Crippen LogP contribution in [0, 0.1) is 5.92 Å². The Morgan fingerprint density at radius 1 is 1.00 bits per heavy atom. The summed E-state index contributed by atoms with van der Waals surface area (Å²) < 4.78 is 2.34. The topological polar surface area (TPSA) is 16.1 Å². The zero-order valence-corrected chi connectivity index (χ0v) is 18.8. The van der Waals surface area contributed by atoms with Crippen LogP contribution < -0.4 is 0 Å². The van der Waals surface area contributed by atoms with Gasteiger partial charge in [0.25, 0.3) is 0 Å². The predicted molar refractivity (Wildman–Crippen MR) is 124 cm³/mol. The third-order valence-electron chi connectivity index (χ3n) is 4.20. The summed E-state index contributed by atoms with van der Waals surface area (Å²) in [6.45, 7) is 6.21. The highest BCUT2D eigenvalue weighted by Crippen LogP contribution is 2.31. The number of pyridine rings is 1. The van der Waals surface area contributed by atoms with Gasteiger partial charge in [0.15, 0.2) is 0 Å². The largest absolute Gasteiger partial charge is 0.259 e. The average Bonchev–Trinajstić information content (AvgIpc) is 2.70. The SMILES string of the molecule is CSc1cccc(-c2ccc(CN(CC(C)C)Sc3ccccc3Cl)nc2)c1. The highest BCUT2D eigenvalue weighted by molar-refractivity contribution is 7.98. The summed E-state index contributed by atoms with van der Waals surface area (Å²) in [6.07, 6.45) is 4.07. The Hall–Kier alpha value is -1.46. The van der Waals surface area contributed by atoms with Gasteiger partial charge in [0, 0.05) is 28.1 Å². The second-order valence-corrected chi connectivity index (χ2v) is 9.43. The molecule has 0 aliphatic rings. The summed E-state index contributed by atoms with van der Waals surface area (Å²) in [5, 5.41) is 0.790.